The van der Waals surface area contributed by atoms with E-state index in [1.165, 1.54) is 0 Å². The molecule has 0 aliphatic rings. The van der Waals surface area contributed by atoms with Gasteiger partial charge in [0, 0.05) is 5.56 Å². The first-order valence-electron chi connectivity index (χ1n) is 8.44. The van der Waals surface area contributed by atoms with Crippen LogP contribution in [0.2, 0.25) is 0 Å². The van der Waals surface area contributed by atoms with Gasteiger partial charge in [-0.05, 0) is 31.5 Å². The molecule has 6 nitrogen and oxygen atoms in total. The van der Waals surface area contributed by atoms with Crippen molar-refractivity contribution in [2.45, 2.75) is 18.9 Å². The van der Waals surface area contributed by atoms with Crippen LogP contribution in [0.3, 0.4) is 0 Å². The average Bonchev–Trinajstić information content (AvgIpc) is 3.11. The summed E-state index contributed by atoms with van der Waals surface area (Å²) in [5.41, 5.74) is 16.3. The molecule has 4 N–H and O–H groups in total. The third kappa shape index (κ3) is 2.75. The summed E-state index contributed by atoms with van der Waals surface area (Å²) < 4.78 is 2.05. The van der Waals surface area contributed by atoms with Crippen molar-refractivity contribution < 1.29 is 0 Å². The fraction of sp³-hybridized carbons (Fsp3) is 0.211. The summed E-state index contributed by atoms with van der Waals surface area (Å²) in [5, 5.41) is 8.85. The molecule has 0 spiro atoms. The first-order chi connectivity index (χ1) is 12.3. The maximum Gasteiger partial charge on any atom is 0.185 e. The average molecular weight is 332 g/mol. The molecule has 25 heavy (non-hydrogen) atoms. The molecule has 0 bridgehead atoms. The van der Waals surface area contributed by atoms with Gasteiger partial charge >= 0.3 is 0 Å². The van der Waals surface area contributed by atoms with Gasteiger partial charge < -0.3 is 11.5 Å². The Hall–Kier alpha value is -2.83. The van der Waals surface area contributed by atoms with Crippen molar-refractivity contribution >= 4 is 16.7 Å². The van der Waals surface area contributed by atoms with Crippen LogP contribution in [0.5, 0.6) is 0 Å². The Bertz CT molecular complexity index is 1010. The second kappa shape index (κ2) is 6.58. The van der Waals surface area contributed by atoms with E-state index in [2.05, 4.69) is 14.6 Å². The van der Waals surface area contributed by atoms with Gasteiger partial charge in [-0.2, -0.15) is 0 Å². The zero-order chi connectivity index (χ0) is 17.2. The lowest BCUT2D eigenvalue weighted by molar-refractivity contribution is 0.606. The number of nitrogens with two attached hydrogens (primary N) is 2. The van der Waals surface area contributed by atoms with Crippen molar-refractivity contribution in [2.24, 2.45) is 11.5 Å². The first kappa shape index (κ1) is 15.7. The van der Waals surface area contributed by atoms with E-state index >= 15 is 0 Å². The van der Waals surface area contributed by atoms with Crippen LogP contribution < -0.4 is 11.5 Å². The van der Waals surface area contributed by atoms with Gasteiger partial charge in [0.15, 0.2) is 11.5 Å². The molecule has 1 atom stereocenters. The number of aromatic nitrogens is 4. The minimum atomic E-state index is -0.219. The summed E-state index contributed by atoms with van der Waals surface area (Å²) in [7, 11) is 0. The molecule has 4 rings (SSSR count). The van der Waals surface area contributed by atoms with E-state index in [-0.39, 0.29) is 6.04 Å². The monoisotopic (exact) mass is 332 g/mol. The van der Waals surface area contributed by atoms with E-state index in [9.17, 15) is 0 Å². The van der Waals surface area contributed by atoms with E-state index in [1.54, 1.807) is 0 Å². The molecule has 0 saturated carbocycles. The topological polar surface area (TPSA) is 95.1 Å². The van der Waals surface area contributed by atoms with E-state index < -0.39 is 0 Å². The van der Waals surface area contributed by atoms with Crippen LogP contribution in [-0.4, -0.2) is 26.1 Å². The first-order valence-corrected chi connectivity index (χ1v) is 8.44. The highest BCUT2D eigenvalue weighted by molar-refractivity contribution is 5.81. The summed E-state index contributed by atoms with van der Waals surface area (Å²) >= 11 is 0. The number of hydrogen-bond acceptors (Lipinski definition) is 5. The fourth-order valence-corrected chi connectivity index (χ4v) is 3.10. The van der Waals surface area contributed by atoms with E-state index in [4.69, 9.17) is 16.5 Å². The Morgan fingerprint density at radius 3 is 2.52 bits per heavy atom. The van der Waals surface area contributed by atoms with Crippen LogP contribution in [-0.2, 0) is 0 Å². The molecule has 0 aliphatic carbocycles. The number of hydrogen-bond donors (Lipinski definition) is 2. The molecule has 0 saturated heterocycles. The molecule has 0 fully saturated rings. The summed E-state index contributed by atoms with van der Waals surface area (Å²) in [6.07, 6.45) is 1.62. The van der Waals surface area contributed by atoms with Gasteiger partial charge in [-0.15, -0.1) is 10.2 Å². The number of rotatable bonds is 5. The second-order valence-corrected chi connectivity index (χ2v) is 6.07. The highest BCUT2D eigenvalue weighted by atomic mass is 15.3. The Morgan fingerprint density at radius 1 is 0.960 bits per heavy atom. The minimum absolute atomic E-state index is 0.219. The molecule has 6 heteroatoms. The maximum atomic E-state index is 6.39. The van der Waals surface area contributed by atoms with Gasteiger partial charge in [-0.25, -0.2) is 4.98 Å². The largest absolute Gasteiger partial charge is 0.330 e. The normalized spacial score (nSPS) is 12.7. The summed E-state index contributed by atoms with van der Waals surface area (Å²) in [6, 6.07) is 17.8. The van der Waals surface area contributed by atoms with Gasteiger partial charge in [0.2, 0.25) is 0 Å². The van der Waals surface area contributed by atoms with Gasteiger partial charge in [-0.1, -0.05) is 42.5 Å². The molecule has 2 aromatic carbocycles. The fourth-order valence-electron chi connectivity index (χ4n) is 3.10. The molecule has 2 heterocycles. The summed E-state index contributed by atoms with van der Waals surface area (Å²) in [6.45, 7) is 0.611. The predicted molar refractivity (Wildman–Crippen MR) is 98.9 cm³/mol. The SMILES string of the molecule is NCCCC(N)c1nc2ccccc2n2c(-c3ccccc3)nnc12. The summed E-state index contributed by atoms with van der Waals surface area (Å²) in [4.78, 5) is 4.77. The van der Waals surface area contributed by atoms with E-state index in [0.29, 0.717) is 12.2 Å². The zero-order valence-electron chi connectivity index (χ0n) is 13.8. The van der Waals surface area contributed by atoms with Crippen LogP contribution in [0.1, 0.15) is 24.6 Å². The molecule has 0 aliphatic heterocycles. The standard InChI is InChI=1S/C19H20N6/c20-12-6-9-14(21)17-19-24-23-18(13-7-2-1-3-8-13)25(19)16-11-5-4-10-15(16)22-17/h1-5,7-8,10-11,14H,6,9,12,20-21H2. The van der Waals surface area contributed by atoms with Gasteiger partial charge in [0.05, 0.1) is 17.1 Å². The highest BCUT2D eigenvalue weighted by Crippen LogP contribution is 2.27. The lowest BCUT2D eigenvalue weighted by Crippen LogP contribution is -2.16. The Labute approximate surface area is 145 Å². The van der Waals surface area contributed by atoms with Crippen molar-refractivity contribution in [3.8, 4) is 11.4 Å². The Kier molecular flexibility index (Phi) is 4.13. The second-order valence-electron chi connectivity index (χ2n) is 6.07. The molecule has 4 aromatic rings. The molecule has 126 valence electrons. The summed E-state index contributed by atoms with van der Waals surface area (Å²) in [5.74, 6) is 0.793. The zero-order valence-corrected chi connectivity index (χ0v) is 13.8. The van der Waals surface area contributed by atoms with Gasteiger partial charge in [0.1, 0.15) is 5.69 Å². The number of benzene rings is 2. The Balaban J connectivity index is 2.00. The van der Waals surface area contributed by atoms with Crippen molar-refractivity contribution in [1.82, 2.24) is 19.6 Å². The maximum absolute atomic E-state index is 6.39. The lowest BCUT2D eigenvalue weighted by atomic mass is 10.1. The minimum Gasteiger partial charge on any atom is -0.330 e. The van der Waals surface area contributed by atoms with Crippen molar-refractivity contribution in [3.63, 3.8) is 0 Å². The van der Waals surface area contributed by atoms with Gasteiger partial charge in [-0.3, -0.25) is 4.40 Å². The van der Waals surface area contributed by atoms with Crippen LogP contribution in [0.15, 0.2) is 54.6 Å². The predicted octanol–water partition coefficient (Wildman–Crippen LogP) is 2.68. The molecular weight excluding hydrogens is 312 g/mol. The third-order valence-electron chi connectivity index (χ3n) is 4.36. The van der Waals surface area contributed by atoms with Crippen LogP contribution in [0, 0.1) is 0 Å². The Morgan fingerprint density at radius 2 is 1.72 bits per heavy atom. The molecule has 0 radical (unpaired) electrons. The van der Waals surface area contributed by atoms with Crippen LogP contribution >= 0.6 is 0 Å². The molecule has 0 amide bonds. The van der Waals surface area contributed by atoms with Crippen LogP contribution in [0.25, 0.3) is 28.1 Å². The smallest absolute Gasteiger partial charge is 0.185 e. The lowest BCUT2D eigenvalue weighted by Gasteiger charge is -2.13. The van der Waals surface area contributed by atoms with Crippen LogP contribution in [0.4, 0.5) is 0 Å². The van der Waals surface area contributed by atoms with Crippen molar-refractivity contribution in [2.75, 3.05) is 6.54 Å². The van der Waals surface area contributed by atoms with E-state index in [0.717, 1.165) is 41.0 Å². The highest BCUT2D eigenvalue weighted by Gasteiger charge is 2.19. The number of para-hydroxylation sites is 2. The van der Waals surface area contributed by atoms with Crippen molar-refractivity contribution in [3.05, 3.63) is 60.3 Å². The number of fused-ring (bicyclic) bond motifs is 3. The van der Waals surface area contributed by atoms with Crippen molar-refractivity contribution in [1.29, 1.82) is 0 Å². The molecule has 2 aromatic heterocycles. The van der Waals surface area contributed by atoms with Gasteiger partial charge in [0.25, 0.3) is 0 Å². The quantitative estimate of drug-likeness (QED) is 0.586. The molecule has 1 unspecified atom stereocenters. The molecular formula is C19H20N6. The van der Waals surface area contributed by atoms with E-state index in [1.807, 2.05) is 54.6 Å². The third-order valence-corrected chi connectivity index (χ3v) is 4.36. The number of nitrogens with zero attached hydrogens (tertiary/aromatic N) is 4.